The second-order valence-electron chi connectivity index (χ2n) is 3.45. The summed E-state index contributed by atoms with van der Waals surface area (Å²) >= 11 is 0. The van der Waals surface area contributed by atoms with E-state index >= 15 is 0 Å². The van der Waals surface area contributed by atoms with Crippen molar-refractivity contribution in [1.29, 1.82) is 0 Å². The largest absolute Gasteiger partial charge is 0.376 e. The highest BCUT2D eigenvalue weighted by molar-refractivity contribution is 5.72. The zero-order valence-corrected chi connectivity index (χ0v) is 8.52. The molecule has 0 aromatic heterocycles. The smallest absolute Gasteiger partial charge is 0.126 e. The topological polar surface area (TPSA) is 26.3 Å². The van der Waals surface area contributed by atoms with Crippen molar-refractivity contribution in [1.82, 2.24) is 0 Å². The third-order valence-electron chi connectivity index (χ3n) is 0.577. The summed E-state index contributed by atoms with van der Waals surface area (Å²) in [5.41, 5.74) is 0.0503. The maximum absolute atomic E-state index is 9.44. The standard InChI is InChI=1S/C6H14O.C3H6O/c1-5-7-6(2,3)4;1-3(2)4/h5H2,1-4H3;1-2H3. The molecule has 0 heterocycles. The van der Waals surface area contributed by atoms with Gasteiger partial charge in [0.15, 0.2) is 0 Å². The molecule has 0 aliphatic rings. The molecule has 0 rings (SSSR count). The maximum atomic E-state index is 9.44. The van der Waals surface area contributed by atoms with Crippen LogP contribution in [0.3, 0.4) is 0 Å². The van der Waals surface area contributed by atoms with Crippen molar-refractivity contribution in [3.05, 3.63) is 0 Å². The van der Waals surface area contributed by atoms with Gasteiger partial charge < -0.3 is 9.53 Å². The second-order valence-corrected chi connectivity index (χ2v) is 3.45. The van der Waals surface area contributed by atoms with E-state index in [1.54, 1.807) is 0 Å². The van der Waals surface area contributed by atoms with E-state index in [9.17, 15) is 4.79 Å². The molecule has 0 amide bonds. The van der Waals surface area contributed by atoms with Crippen LogP contribution < -0.4 is 0 Å². The van der Waals surface area contributed by atoms with Crippen molar-refractivity contribution < 1.29 is 9.53 Å². The SMILES string of the molecule is CC(C)=O.CCOC(C)(C)C. The van der Waals surface area contributed by atoms with Gasteiger partial charge in [-0.15, -0.1) is 0 Å². The number of carbonyl (C=O) groups is 1. The first-order valence-corrected chi connectivity index (χ1v) is 3.90. The summed E-state index contributed by atoms with van der Waals surface area (Å²) in [7, 11) is 0. The Morgan fingerprint density at radius 1 is 1.27 bits per heavy atom. The average Bonchev–Trinajstić information content (AvgIpc) is 1.58. The molecule has 0 aromatic rings. The molecule has 0 aliphatic carbocycles. The molecule has 0 N–H and O–H groups in total. The first-order valence-electron chi connectivity index (χ1n) is 3.90. The molecule has 0 aliphatic heterocycles. The number of ether oxygens (including phenoxy) is 1. The van der Waals surface area contributed by atoms with Gasteiger partial charge in [0.1, 0.15) is 5.78 Å². The van der Waals surface area contributed by atoms with Crippen molar-refractivity contribution in [2.75, 3.05) is 6.61 Å². The fraction of sp³-hybridized carbons (Fsp3) is 0.889. The van der Waals surface area contributed by atoms with Gasteiger partial charge in [0, 0.05) is 6.61 Å². The molecule has 0 unspecified atom stereocenters. The normalized spacial score (nSPS) is 10.0. The van der Waals surface area contributed by atoms with Crippen LogP contribution in [0.15, 0.2) is 0 Å². The van der Waals surface area contributed by atoms with Gasteiger partial charge in [-0.2, -0.15) is 0 Å². The van der Waals surface area contributed by atoms with Crippen LogP contribution in [0.1, 0.15) is 41.5 Å². The lowest BCUT2D eigenvalue weighted by Gasteiger charge is -2.17. The van der Waals surface area contributed by atoms with Gasteiger partial charge in [-0.1, -0.05) is 0 Å². The Morgan fingerprint density at radius 3 is 1.55 bits per heavy atom. The van der Waals surface area contributed by atoms with Crippen LogP contribution in [-0.4, -0.2) is 18.0 Å². The summed E-state index contributed by atoms with van der Waals surface area (Å²) in [5, 5.41) is 0. The molecule has 0 atom stereocenters. The van der Waals surface area contributed by atoms with Crippen LogP contribution in [0, 0.1) is 0 Å². The Balaban J connectivity index is 0. The monoisotopic (exact) mass is 160 g/mol. The lowest BCUT2D eigenvalue weighted by Crippen LogP contribution is -2.18. The molecule has 0 fully saturated rings. The van der Waals surface area contributed by atoms with Gasteiger partial charge in [0.05, 0.1) is 5.60 Å². The summed E-state index contributed by atoms with van der Waals surface area (Å²) in [6, 6.07) is 0. The maximum Gasteiger partial charge on any atom is 0.126 e. The Labute approximate surface area is 69.9 Å². The third kappa shape index (κ3) is 42.5. The lowest BCUT2D eigenvalue weighted by atomic mass is 10.2. The van der Waals surface area contributed by atoms with Gasteiger partial charge in [-0.05, 0) is 41.5 Å². The first-order chi connectivity index (χ1) is 4.79. The fourth-order valence-electron chi connectivity index (χ4n) is 0.433. The molecule has 0 saturated heterocycles. The van der Waals surface area contributed by atoms with Gasteiger partial charge in [0.2, 0.25) is 0 Å². The van der Waals surface area contributed by atoms with E-state index in [2.05, 4.69) is 20.8 Å². The van der Waals surface area contributed by atoms with Crippen molar-refractivity contribution >= 4 is 5.78 Å². The summed E-state index contributed by atoms with van der Waals surface area (Å²) < 4.78 is 5.23. The van der Waals surface area contributed by atoms with E-state index < -0.39 is 0 Å². The van der Waals surface area contributed by atoms with Gasteiger partial charge in [-0.3, -0.25) is 0 Å². The summed E-state index contributed by atoms with van der Waals surface area (Å²) in [5.74, 6) is 0.167. The van der Waals surface area contributed by atoms with Crippen LogP contribution in [-0.2, 0) is 9.53 Å². The highest BCUT2D eigenvalue weighted by atomic mass is 16.5. The van der Waals surface area contributed by atoms with Crippen LogP contribution in [0.25, 0.3) is 0 Å². The van der Waals surface area contributed by atoms with Gasteiger partial charge >= 0.3 is 0 Å². The van der Waals surface area contributed by atoms with E-state index in [4.69, 9.17) is 4.74 Å². The zero-order chi connectivity index (χ0) is 9.49. The first kappa shape index (κ1) is 13.2. The predicted octanol–water partition coefficient (Wildman–Crippen LogP) is 2.42. The zero-order valence-electron chi connectivity index (χ0n) is 8.52. The van der Waals surface area contributed by atoms with Crippen molar-refractivity contribution in [2.45, 2.75) is 47.1 Å². The number of hydrogen-bond donors (Lipinski definition) is 0. The minimum Gasteiger partial charge on any atom is -0.376 e. The van der Waals surface area contributed by atoms with Crippen molar-refractivity contribution in [3.63, 3.8) is 0 Å². The molecule has 0 saturated carbocycles. The number of rotatable bonds is 1. The summed E-state index contributed by atoms with van der Waals surface area (Å²) in [6.07, 6.45) is 0. The quantitative estimate of drug-likeness (QED) is 0.589. The molecule has 2 nitrogen and oxygen atoms in total. The Kier molecular flexibility index (Phi) is 7.64. The van der Waals surface area contributed by atoms with Gasteiger partial charge in [0.25, 0.3) is 0 Å². The minimum absolute atomic E-state index is 0.0503. The molecular weight excluding hydrogens is 140 g/mol. The van der Waals surface area contributed by atoms with E-state index in [1.165, 1.54) is 13.8 Å². The summed E-state index contributed by atoms with van der Waals surface area (Å²) in [6.45, 7) is 12.0. The van der Waals surface area contributed by atoms with Crippen LogP contribution in [0.2, 0.25) is 0 Å². The molecule has 68 valence electrons. The molecule has 0 bridgehead atoms. The van der Waals surface area contributed by atoms with E-state index in [-0.39, 0.29) is 11.4 Å². The van der Waals surface area contributed by atoms with E-state index in [1.807, 2.05) is 6.92 Å². The molecule has 0 radical (unpaired) electrons. The molecule has 11 heavy (non-hydrogen) atoms. The summed E-state index contributed by atoms with van der Waals surface area (Å²) in [4.78, 5) is 9.44. The van der Waals surface area contributed by atoms with E-state index in [0.29, 0.717) is 0 Å². The average molecular weight is 160 g/mol. The third-order valence-corrected chi connectivity index (χ3v) is 0.577. The van der Waals surface area contributed by atoms with Crippen molar-refractivity contribution in [2.24, 2.45) is 0 Å². The molecular formula is C9H20O2. The molecule has 0 spiro atoms. The van der Waals surface area contributed by atoms with E-state index in [0.717, 1.165) is 6.61 Å². The Bertz CT molecular complexity index is 96.6. The molecule has 0 aromatic carbocycles. The van der Waals surface area contributed by atoms with Crippen LogP contribution >= 0.6 is 0 Å². The molecule has 2 heteroatoms. The number of Topliss-reactive ketones (excluding diaryl/α,β-unsaturated/α-hetero) is 1. The predicted molar refractivity (Wildman–Crippen MR) is 47.7 cm³/mol. The van der Waals surface area contributed by atoms with Crippen LogP contribution in [0.4, 0.5) is 0 Å². The highest BCUT2D eigenvalue weighted by Gasteiger charge is 2.06. The Hall–Kier alpha value is -0.370. The number of carbonyl (C=O) groups excluding carboxylic acids is 1. The lowest BCUT2D eigenvalue weighted by molar-refractivity contribution is -0.114. The fourth-order valence-corrected chi connectivity index (χ4v) is 0.433. The second kappa shape index (κ2) is 6.35. The van der Waals surface area contributed by atoms with Crippen molar-refractivity contribution in [3.8, 4) is 0 Å². The number of hydrogen-bond acceptors (Lipinski definition) is 2. The Morgan fingerprint density at radius 2 is 1.55 bits per heavy atom. The number of ketones is 1. The van der Waals surface area contributed by atoms with Crippen LogP contribution in [0.5, 0.6) is 0 Å². The van der Waals surface area contributed by atoms with Gasteiger partial charge in [-0.25, -0.2) is 0 Å². The minimum atomic E-state index is 0.0503. The highest BCUT2D eigenvalue weighted by Crippen LogP contribution is 2.04.